The van der Waals surface area contributed by atoms with Crippen molar-refractivity contribution in [1.29, 1.82) is 0 Å². The zero-order valence-electron chi connectivity index (χ0n) is 18.3. The SMILES string of the molecule is CC(=O)NCC1CCn2ncc(C(=O)N(C)CC(OC(C)C)c3ccccc3)c2C1. The summed E-state index contributed by atoms with van der Waals surface area (Å²) in [6.07, 6.45) is 3.21. The minimum absolute atomic E-state index is 0.0257. The Labute approximate surface area is 178 Å². The highest BCUT2D eigenvalue weighted by Gasteiger charge is 2.28. The molecule has 1 aliphatic heterocycles. The average molecular weight is 413 g/mol. The number of hydrogen-bond donors (Lipinski definition) is 1. The molecule has 3 rings (SSSR count). The number of carbonyl (C=O) groups is 2. The molecule has 162 valence electrons. The number of nitrogens with one attached hydrogen (secondary N) is 1. The van der Waals surface area contributed by atoms with Crippen LogP contribution in [0, 0.1) is 5.92 Å². The van der Waals surface area contributed by atoms with Crippen molar-refractivity contribution in [2.24, 2.45) is 5.92 Å². The van der Waals surface area contributed by atoms with Gasteiger partial charge in [0.15, 0.2) is 0 Å². The second-order valence-electron chi connectivity index (χ2n) is 8.29. The fourth-order valence-corrected chi connectivity index (χ4v) is 3.90. The van der Waals surface area contributed by atoms with Gasteiger partial charge in [0.05, 0.1) is 30.1 Å². The first-order valence-corrected chi connectivity index (χ1v) is 10.6. The molecule has 30 heavy (non-hydrogen) atoms. The molecule has 2 aromatic rings. The van der Waals surface area contributed by atoms with Crippen molar-refractivity contribution in [1.82, 2.24) is 20.0 Å². The Morgan fingerprint density at radius 3 is 2.70 bits per heavy atom. The second kappa shape index (κ2) is 9.89. The van der Waals surface area contributed by atoms with E-state index in [0.717, 1.165) is 30.6 Å². The molecule has 0 aliphatic carbocycles. The number of aryl methyl sites for hydroxylation is 1. The van der Waals surface area contributed by atoms with Crippen LogP contribution in [0.1, 0.15) is 54.9 Å². The molecule has 0 fully saturated rings. The smallest absolute Gasteiger partial charge is 0.257 e. The lowest BCUT2D eigenvalue weighted by Gasteiger charge is -2.28. The standard InChI is InChI=1S/C23H32N4O3/c1-16(2)30-22(19-8-6-5-7-9-19)15-26(4)23(29)20-14-25-27-11-10-18(12-21(20)27)13-24-17(3)28/h5-9,14,16,18,22H,10-13,15H2,1-4H3,(H,24,28). The van der Waals surface area contributed by atoms with Crippen LogP contribution in [-0.2, 0) is 22.5 Å². The van der Waals surface area contributed by atoms with Crippen LogP contribution in [0.2, 0.25) is 0 Å². The maximum Gasteiger partial charge on any atom is 0.257 e. The highest BCUT2D eigenvalue weighted by atomic mass is 16.5. The number of fused-ring (bicyclic) bond motifs is 1. The Morgan fingerprint density at radius 1 is 1.30 bits per heavy atom. The highest BCUT2D eigenvalue weighted by Crippen LogP contribution is 2.25. The van der Waals surface area contributed by atoms with Crippen molar-refractivity contribution >= 4 is 11.8 Å². The molecule has 7 nitrogen and oxygen atoms in total. The fourth-order valence-electron chi connectivity index (χ4n) is 3.90. The molecule has 2 amide bonds. The third kappa shape index (κ3) is 5.48. The van der Waals surface area contributed by atoms with Gasteiger partial charge in [-0.1, -0.05) is 30.3 Å². The number of ether oxygens (including phenoxy) is 1. The van der Waals surface area contributed by atoms with Crippen molar-refractivity contribution in [2.45, 2.75) is 52.4 Å². The highest BCUT2D eigenvalue weighted by molar-refractivity contribution is 5.95. The zero-order valence-corrected chi connectivity index (χ0v) is 18.3. The van der Waals surface area contributed by atoms with Gasteiger partial charge < -0.3 is 15.0 Å². The van der Waals surface area contributed by atoms with E-state index in [9.17, 15) is 9.59 Å². The van der Waals surface area contributed by atoms with Crippen LogP contribution in [0.25, 0.3) is 0 Å². The molecule has 0 bridgehead atoms. The van der Waals surface area contributed by atoms with Crippen LogP contribution in [0.4, 0.5) is 0 Å². The summed E-state index contributed by atoms with van der Waals surface area (Å²) in [6, 6.07) is 10.00. The summed E-state index contributed by atoms with van der Waals surface area (Å²) in [5.41, 5.74) is 2.65. The Kier molecular flexibility index (Phi) is 7.26. The Morgan fingerprint density at radius 2 is 2.03 bits per heavy atom. The van der Waals surface area contributed by atoms with Crippen molar-refractivity contribution in [2.75, 3.05) is 20.1 Å². The summed E-state index contributed by atoms with van der Waals surface area (Å²) >= 11 is 0. The first-order chi connectivity index (χ1) is 14.3. The van der Waals surface area contributed by atoms with E-state index >= 15 is 0 Å². The quantitative estimate of drug-likeness (QED) is 0.723. The summed E-state index contributed by atoms with van der Waals surface area (Å²) in [6.45, 7) is 7.38. The fraction of sp³-hybridized carbons (Fsp3) is 0.522. The number of carbonyl (C=O) groups excluding carboxylic acids is 2. The van der Waals surface area contributed by atoms with Crippen molar-refractivity contribution in [3.8, 4) is 0 Å². The zero-order chi connectivity index (χ0) is 21.7. The maximum absolute atomic E-state index is 13.3. The van der Waals surface area contributed by atoms with Crippen LogP contribution in [-0.4, -0.2) is 52.7 Å². The predicted octanol–water partition coefficient (Wildman–Crippen LogP) is 2.82. The van der Waals surface area contributed by atoms with Crippen LogP contribution < -0.4 is 5.32 Å². The van der Waals surface area contributed by atoms with Crippen LogP contribution in [0.15, 0.2) is 36.5 Å². The second-order valence-corrected chi connectivity index (χ2v) is 8.29. The molecule has 0 spiro atoms. The van der Waals surface area contributed by atoms with E-state index in [1.54, 1.807) is 11.1 Å². The van der Waals surface area contributed by atoms with Gasteiger partial charge in [-0.15, -0.1) is 0 Å². The van der Waals surface area contributed by atoms with Crippen molar-refractivity contribution in [3.63, 3.8) is 0 Å². The lowest BCUT2D eigenvalue weighted by atomic mass is 9.94. The lowest BCUT2D eigenvalue weighted by molar-refractivity contribution is -0.119. The molecule has 1 N–H and O–H groups in total. The molecule has 0 saturated heterocycles. The summed E-state index contributed by atoms with van der Waals surface area (Å²) in [4.78, 5) is 26.2. The molecule has 1 aromatic heterocycles. The molecule has 2 unspecified atom stereocenters. The number of rotatable bonds is 8. The maximum atomic E-state index is 13.3. The molecular weight excluding hydrogens is 380 g/mol. The number of nitrogens with zero attached hydrogens (tertiary/aromatic N) is 3. The van der Waals surface area contributed by atoms with Gasteiger partial charge in [-0.25, -0.2) is 0 Å². The monoisotopic (exact) mass is 412 g/mol. The van der Waals surface area contributed by atoms with Gasteiger partial charge >= 0.3 is 0 Å². The summed E-state index contributed by atoms with van der Waals surface area (Å²) < 4.78 is 8.02. The van der Waals surface area contributed by atoms with E-state index < -0.39 is 0 Å². The molecule has 2 heterocycles. The van der Waals surface area contributed by atoms with E-state index in [1.165, 1.54) is 6.92 Å². The number of hydrogen-bond acceptors (Lipinski definition) is 4. The van der Waals surface area contributed by atoms with Gasteiger partial charge in [-0.2, -0.15) is 5.10 Å². The van der Waals surface area contributed by atoms with Crippen LogP contribution >= 0.6 is 0 Å². The van der Waals surface area contributed by atoms with Crippen molar-refractivity contribution < 1.29 is 14.3 Å². The van der Waals surface area contributed by atoms with Gasteiger partial charge in [0.25, 0.3) is 5.91 Å². The van der Waals surface area contributed by atoms with E-state index in [-0.39, 0.29) is 24.0 Å². The van der Waals surface area contributed by atoms with E-state index in [4.69, 9.17) is 4.74 Å². The average Bonchev–Trinajstić information content (AvgIpc) is 3.14. The normalized spacial score (nSPS) is 16.8. The number of likely N-dealkylation sites (N-methyl/N-ethyl adjacent to an activating group) is 1. The van der Waals surface area contributed by atoms with Crippen LogP contribution in [0.3, 0.4) is 0 Å². The van der Waals surface area contributed by atoms with E-state index in [0.29, 0.717) is 24.6 Å². The van der Waals surface area contributed by atoms with Crippen molar-refractivity contribution in [3.05, 3.63) is 53.3 Å². The molecule has 0 saturated carbocycles. The Balaban J connectivity index is 1.72. The number of benzene rings is 1. The minimum atomic E-state index is -0.195. The Hall–Kier alpha value is -2.67. The number of amides is 2. The largest absolute Gasteiger partial charge is 0.369 e. The van der Waals surface area contributed by atoms with E-state index in [2.05, 4.69) is 10.4 Å². The lowest BCUT2D eigenvalue weighted by Crippen LogP contribution is -2.35. The predicted molar refractivity (Wildman–Crippen MR) is 115 cm³/mol. The molecule has 1 aromatic carbocycles. The molecule has 0 radical (unpaired) electrons. The Bertz CT molecular complexity index is 863. The minimum Gasteiger partial charge on any atom is -0.369 e. The molecular formula is C23H32N4O3. The number of aromatic nitrogens is 2. The molecule has 2 atom stereocenters. The first-order valence-electron chi connectivity index (χ1n) is 10.6. The summed E-state index contributed by atoms with van der Waals surface area (Å²) in [7, 11) is 1.81. The topological polar surface area (TPSA) is 76.5 Å². The third-order valence-corrected chi connectivity index (χ3v) is 5.44. The third-order valence-electron chi connectivity index (χ3n) is 5.44. The summed E-state index contributed by atoms with van der Waals surface area (Å²) in [5, 5.41) is 7.32. The van der Waals surface area contributed by atoms with Gasteiger partial charge in [0.2, 0.25) is 5.91 Å². The van der Waals surface area contributed by atoms with Gasteiger partial charge in [0.1, 0.15) is 6.10 Å². The van der Waals surface area contributed by atoms with E-state index in [1.807, 2.05) is 55.9 Å². The first kappa shape index (κ1) is 22.0. The van der Waals surface area contributed by atoms with Gasteiger partial charge in [0, 0.05) is 27.1 Å². The summed E-state index contributed by atoms with van der Waals surface area (Å²) in [5.74, 6) is 0.239. The van der Waals surface area contributed by atoms with Gasteiger partial charge in [-0.3, -0.25) is 14.3 Å². The molecule has 1 aliphatic rings. The van der Waals surface area contributed by atoms with Gasteiger partial charge in [-0.05, 0) is 38.2 Å². The van der Waals surface area contributed by atoms with Crippen LogP contribution in [0.5, 0.6) is 0 Å². The molecule has 7 heteroatoms.